The molecule has 0 spiro atoms. The van der Waals surface area contributed by atoms with Crippen molar-refractivity contribution >= 4 is 6.01 Å². The molecule has 3 rings (SSSR count). The summed E-state index contributed by atoms with van der Waals surface area (Å²) in [4.78, 5) is 6.51. The standard InChI is InChI=1S/C16H21N3O2/c1-19(10-12-4-3-5-15(8-12)20-2)16-18-14(11-21-16)9-17-13-6-7-13/h3-5,8,11,13,17H,6-7,9-10H2,1-2H3. The van der Waals surface area contributed by atoms with Crippen LogP contribution in [-0.4, -0.2) is 25.2 Å². The molecule has 0 atom stereocenters. The highest BCUT2D eigenvalue weighted by Gasteiger charge is 2.20. The number of hydrogen-bond acceptors (Lipinski definition) is 5. The van der Waals surface area contributed by atoms with Crippen LogP contribution in [0.5, 0.6) is 5.75 Å². The van der Waals surface area contributed by atoms with E-state index in [0.717, 1.165) is 30.1 Å². The summed E-state index contributed by atoms with van der Waals surface area (Å²) in [6, 6.07) is 9.34. The molecule has 0 radical (unpaired) electrons. The number of anilines is 1. The fraction of sp³-hybridized carbons (Fsp3) is 0.438. The average molecular weight is 287 g/mol. The summed E-state index contributed by atoms with van der Waals surface area (Å²) in [6.07, 6.45) is 4.29. The molecule has 0 aliphatic heterocycles. The number of nitrogens with zero attached hydrogens (tertiary/aromatic N) is 2. The third kappa shape index (κ3) is 3.76. The van der Waals surface area contributed by atoms with E-state index in [-0.39, 0.29) is 0 Å². The Morgan fingerprint density at radius 1 is 1.43 bits per heavy atom. The first-order valence-corrected chi connectivity index (χ1v) is 7.26. The Morgan fingerprint density at radius 3 is 3.05 bits per heavy atom. The first kappa shape index (κ1) is 13.9. The topological polar surface area (TPSA) is 50.5 Å². The van der Waals surface area contributed by atoms with E-state index in [9.17, 15) is 0 Å². The van der Waals surface area contributed by atoms with Crippen LogP contribution in [0.1, 0.15) is 24.1 Å². The van der Waals surface area contributed by atoms with Crippen molar-refractivity contribution in [1.82, 2.24) is 10.3 Å². The highest BCUT2D eigenvalue weighted by Crippen LogP contribution is 2.21. The molecule has 0 saturated heterocycles. The fourth-order valence-corrected chi connectivity index (χ4v) is 2.20. The second kappa shape index (κ2) is 6.18. The maximum absolute atomic E-state index is 5.55. The van der Waals surface area contributed by atoms with Crippen LogP contribution in [0, 0.1) is 0 Å². The summed E-state index contributed by atoms with van der Waals surface area (Å²) >= 11 is 0. The Balaban J connectivity index is 1.59. The van der Waals surface area contributed by atoms with Gasteiger partial charge < -0.3 is 19.4 Å². The van der Waals surface area contributed by atoms with E-state index < -0.39 is 0 Å². The third-order valence-corrected chi connectivity index (χ3v) is 3.57. The van der Waals surface area contributed by atoms with Gasteiger partial charge in [-0.05, 0) is 30.5 Å². The zero-order valence-corrected chi connectivity index (χ0v) is 12.5. The molecule has 1 aromatic carbocycles. The number of hydrogen-bond donors (Lipinski definition) is 1. The van der Waals surface area contributed by atoms with Gasteiger partial charge in [-0.1, -0.05) is 12.1 Å². The number of nitrogens with one attached hydrogen (secondary N) is 1. The van der Waals surface area contributed by atoms with Crippen molar-refractivity contribution in [3.05, 3.63) is 41.8 Å². The number of rotatable bonds is 7. The Kier molecular flexibility index (Phi) is 4.10. The number of benzene rings is 1. The first-order chi connectivity index (χ1) is 10.2. The van der Waals surface area contributed by atoms with Crippen LogP contribution in [0.3, 0.4) is 0 Å². The molecule has 0 bridgehead atoms. The van der Waals surface area contributed by atoms with Crippen molar-refractivity contribution < 1.29 is 9.15 Å². The largest absolute Gasteiger partial charge is 0.497 e. The Labute approximate surface area is 124 Å². The Bertz CT molecular complexity index is 593. The average Bonchev–Trinajstić information content (AvgIpc) is 3.21. The van der Waals surface area contributed by atoms with Crippen LogP contribution < -0.4 is 15.0 Å². The summed E-state index contributed by atoms with van der Waals surface area (Å²) in [5.74, 6) is 0.864. The molecule has 5 nitrogen and oxygen atoms in total. The van der Waals surface area contributed by atoms with Crippen molar-refractivity contribution in [2.45, 2.75) is 32.0 Å². The van der Waals surface area contributed by atoms with E-state index in [1.165, 1.54) is 12.8 Å². The van der Waals surface area contributed by atoms with E-state index in [1.807, 2.05) is 30.1 Å². The Hall–Kier alpha value is -2.01. The van der Waals surface area contributed by atoms with Gasteiger partial charge >= 0.3 is 0 Å². The summed E-state index contributed by atoms with van der Waals surface area (Å²) in [5, 5.41) is 3.43. The number of oxazole rings is 1. The molecule has 2 aromatic rings. The molecule has 21 heavy (non-hydrogen) atoms. The van der Waals surface area contributed by atoms with Gasteiger partial charge in [0.05, 0.1) is 12.8 Å². The zero-order valence-electron chi connectivity index (χ0n) is 12.5. The fourth-order valence-electron chi connectivity index (χ4n) is 2.20. The van der Waals surface area contributed by atoms with Crippen molar-refractivity contribution in [3.63, 3.8) is 0 Å². The number of methoxy groups -OCH3 is 1. The SMILES string of the molecule is COc1cccc(CN(C)c2nc(CNC3CC3)co2)c1. The predicted molar refractivity (Wildman–Crippen MR) is 81.5 cm³/mol. The minimum atomic E-state index is 0.644. The minimum Gasteiger partial charge on any atom is -0.497 e. The van der Waals surface area contributed by atoms with Crippen molar-refractivity contribution in [2.75, 3.05) is 19.1 Å². The van der Waals surface area contributed by atoms with Crippen LogP contribution >= 0.6 is 0 Å². The lowest BCUT2D eigenvalue weighted by Crippen LogP contribution is -2.18. The van der Waals surface area contributed by atoms with Gasteiger partial charge in [0.2, 0.25) is 0 Å². The Morgan fingerprint density at radius 2 is 2.29 bits per heavy atom. The molecule has 1 aliphatic carbocycles. The van der Waals surface area contributed by atoms with E-state index in [0.29, 0.717) is 12.1 Å². The lowest BCUT2D eigenvalue weighted by molar-refractivity contribution is 0.414. The third-order valence-electron chi connectivity index (χ3n) is 3.57. The molecule has 1 fully saturated rings. The molecule has 1 aromatic heterocycles. The monoisotopic (exact) mass is 287 g/mol. The first-order valence-electron chi connectivity index (χ1n) is 7.26. The van der Waals surface area contributed by atoms with Crippen molar-refractivity contribution in [3.8, 4) is 5.75 Å². The lowest BCUT2D eigenvalue weighted by Gasteiger charge is -2.14. The van der Waals surface area contributed by atoms with Gasteiger partial charge in [-0.25, -0.2) is 0 Å². The molecule has 1 saturated carbocycles. The van der Waals surface area contributed by atoms with E-state index >= 15 is 0 Å². The van der Waals surface area contributed by atoms with Gasteiger partial charge in [0.25, 0.3) is 6.01 Å². The number of aromatic nitrogens is 1. The minimum absolute atomic E-state index is 0.644. The van der Waals surface area contributed by atoms with E-state index in [2.05, 4.69) is 16.4 Å². The molecule has 1 N–H and O–H groups in total. The molecule has 5 heteroatoms. The summed E-state index contributed by atoms with van der Waals surface area (Å²) in [6.45, 7) is 1.51. The summed E-state index contributed by atoms with van der Waals surface area (Å²) in [7, 11) is 3.65. The molecule has 0 amide bonds. The van der Waals surface area contributed by atoms with Crippen LogP contribution in [0.4, 0.5) is 6.01 Å². The molecule has 0 unspecified atom stereocenters. The number of ether oxygens (including phenoxy) is 1. The van der Waals surface area contributed by atoms with Gasteiger partial charge in [0.1, 0.15) is 12.0 Å². The highest BCUT2D eigenvalue weighted by atomic mass is 16.5. The molecule has 112 valence electrons. The normalized spacial score (nSPS) is 14.2. The van der Waals surface area contributed by atoms with Crippen LogP contribution in [0.15, 0.2) is 34.9 Å². The maximum atomic E-state index is 5.55. The second-order valence-electron chi connectivity index (χ2n) is 5.48. The quantitative estimate of drug-likeness (QED) is 0.848. The summed E-state index contributed by atoms with van der Waals surface area (Å²) < 4.78 is 10.8. The van der Waals surface area contributed by atoms with Crippen molar-refractivity contribution in [2.24, 2.45) is 0 Å². The predicted octanol–water partition coefficient (Wildman–Crippen LogP) is 2.57. The zero-order chi connectivity index (χ0) is 14.7. The maximum Gasteiger partial charge on any atom is 0.297 e. The lowest BCUT2D eigenvalue weighted by atomic mass is 10.2. The molecule has 1 heterocycles. The molecular formula is C16H21N3O2. The highest BCUT2D eigenvalue weighted by molar-refractivity contribution is 5.33. The van der Waals surface area contributed by atoms with Crippen LogP contribution in [0.25, 0.3) is 0 Å². The van der Waals surface area contributed by atoms with Gasteiger partial charge in [-0.15, -0.1) is 0 Å². The van der Waals surface area contributed by atoms with Gasteiger partial charge in [-0.2, -0.15) is 4.98 Å². The summed E-state index contributed by atoms with van der Waals surface area (Å²) in [5.41, 5.74) is 2.11. The van der Waals surface area contributed by atoms with E-state index in [1.54, 1.807) is 13.4 Å². The smallest absolute Gasteiger partial charge is 0.297 e. The van der Waals surface area contributed by atoms with Gasteiger partial charge in [0, 0.05) is 26.2 Å². The molecular weight excluding hydrogens is 266 g/mol. The van der Waals surface area contributed by atoms with Crippen molar-refractivity contribution in [1.29, 1.82) is 0 Å². The second-order valence-corrected chi connectivity index (χ2v) is 5.48. The van der Waals surface area contributed by atoms with Crippen LogP contribution in [-0.2, 0) is 13.1 Å². The molecule has 1 aliphatic rings. The van der Waals surface area contributed by atoms with E-state index in [4.69, 9.17) is 9.15 Å². The van der Waals surface area contributed by atoms with Gasteiger partial charge in [0.15, 0.2) is 0 Å². The van der Waals surface area contributed by atoms with Gasteiger partial charge in [-0.3, -0.25) is 0 Å². The van der Waals surface area contributed by atoms with Crippen LogP contribution in [0.2, 0.25) is 0 Å².